The SMILES string of the molecule is CCc1cc(CNC(C)C(=O)NC(C)(C)C)n(CC)n1. The Morgan fingerprint density at radius 2 is 2.05 bits per heavy atom. The molecular formula is C15H28N4O. The molecule has 0 aliphatic heterocycles. The fraction of sp³-hybridized carbons (Fsp3) is 0.733. The first-order valence-electron chi connectivity index (χ1n) is 7.37. The molecule has 1 rings (SSSR count). The molecule has 0 radical (unpaired) electrons. The number of aromatic nitrogens is 2. The van der Waals surface area contributed by atoms with Crippen molar-refractivity contribution in [1.29, 1.82) is 0 Å². The summed E-state index contributed by atoms with van der Waals surface area (Å²) in [5.41, 5.74) is 2.02. The van der Waals surface area contributed by atoms with E-state index < -0.39 is 0 Å². The monoisotopic (exact) mass is 280 g/mol. The van der Waals surface area contributed by atoms with Crippen molar-refractivity contribution in [2.45, 2.75) is 72.6 Å². The minimum Gasteiger partial charge on any atom is -0.350 e. The van der Waals surface area contributed by atoms with E-state index >= 15 is 0 Å². The molecule has 5 nitrogen and oxygen atoms in total. The van der Waals surface area contributed by atoms with Gasteiger partial charge in [0.25, 0.3) is 0 Å². The Morgan fingerprint density at radius 1 is 1.40 bits per heavy atom. The van der Waals surface area contributed by atoms with Gasteiger partial charge in [-0.3, -0.25) is 9.48 Å². The number of carbonyl (C=O) groups is 1. The molecule has 0 fully saturated rings. The van der Waals surface area contributed by atoms with E-state index in [0.29, 0.717) is 6.54 Å². The van der Waals surface area contributed by atoms with Crippen molar-refractivity contribution < 1.29 is 4.79 Å². The van der Waals surface area contributed by atoms with Crippen LogP contribution in [-0.2, 0) is 24.3 Å². The third-order valence-electron chi connectivity index (χ3n) is 3.06. The van der Waals surface area contributed by atoms with E-state index in [1.165, 1.54) is 0 Å². The maximum atomic E-state index is 12.0. The Balaban J connectivity index is 2.58. The Hall–Kier alpha value is -1.36. The number of rotatable bonds is 6. The highest BCUT2D eigenvalue weighted by atomic mass is 16.2. The van der Waals surface area contributed by atoms with Crippen LogP contribution in [0.4, 0.5) is 0 Å². The number of nitrogens with one attached hydrogen (secondary N) is 2. The first kappa shape index (κ1) is 16.7. The van der Waals surface area contributed by atoms with E-state index in [1.54, 1.807) is 0 Å². The highest BCUT2D eigenvalue weighted by Gasteiger charge is 2.19. The largest absolute Gasteiger partial charge is 0.350 e. The van der Waals surface area contributed by atoms with Crippen LogP contribution >= 0.6 is 0 Å². The molecule has 114 valence electrons. The van der Waals surface area contributed by atoms with Crippen molar-refractivity contribution in [1.82, 2.24) is 20.4 Å². The Bertz CT molecular complexity index is 445. The van der Waals surface area contributed by atoms with Gasteiger partial charge in [0.05, 0.1) is 17.4 Å². The van der Waals surface area contributed by atoms with Crippen LogP contribution < -0.4 is 10.6 Å². The fourth-order valence-corrected chi connectivity index (χ4v) is 1.93. The van der Waals surface area contributed by atoms with E-state index in [4.69, 9.17) is 0 Å². The average Bonchev–Trinajstić information content (AvgIpc) is 2.76. The predicted octanol–water partition coefficient (Wildman–Crippen LogP) is 1.86. The third-order valence-corrected chi connectivity index (χ3v) is 3.06. The zero-order valence-corrected chi connectivity index (χ0v) is 13.6. The van der Waals surface area contributed by atoms with Crippen molar-refractivity contribution in [3.05, 3.63) is 17.5 Å². The molecule has 0 aliphatic rings. The van der Waals surface area contributed by atoms with E-state index in [9.17, 15) is 4.79 Å². The van der Waals surface area contributed by atoms with Crippen LogP contribution in [0.15, 0.2) is 6.07 Å². The molecule has 5 heteroatoms. The van der Waals surface area contributed by atoms with Gasteiger partial charge < -0.3 is 10.6 Å². The Morgan fingerprint density at radius 3 is 2.55 bits per heavy atom. The minimum atomic E-state index is -0.223. The van der Waals surface area contributed by atoms with Crippen LogP contribution in [0.5, 0.6) is 0 Å². The number of hydrogen-bond donors (Lipinski definition) is 2. The zero-order valence-electron chi connectivity index (χ0n) is 13.6. The Labute approximate surface area is 122 Å². The molecule has 0 aromatic carbocycles. The van der Waals surface area contributed by atoms with E-state index in [1.807, 2.05) is 32.4 Å². The van der Waals surface area contributed by atoms with Crippen molar-refractivity contribution in [2.75, 3.05) is 0 Å². The highest BCUT2D eigenvalue weighted by Crippen LogP contribution is 2.06. The van der Waals surface area contributed by atoms with Crippen LogP contribution in [0.1, 0.15) is 52.9 Å². The van der Waals surface area contributed by atoms with Gasteiger partial charge in [-0.15, -0.1) is 0 Å². The predicted molar refractivity (Wildman–Crippen MR) is 81.5 cm³/mol. The maximum Gasteiger partial charge on any atom is 0.237 e. The van der Waals surface area contributed by atoms with Crippen molar-refractivity contribution >= 4 is 5.91 Å². The van der Waals surface area contributed by atoms with Crippen LogP contribution in [0.25, 0.3) is 0 Å². The summed E-state index contributed by atoms with van der Waals surface area (Å²) in [7, 11) is 0. The van der Waals surface area contributed by atoms with Gasteiger partial charge in [0.15, 0.2) is 0 Å². The normalized spacial score (nSPS) is 13.3. The standard InChI is InChI=1S/C15H28N4O/c1-7-12-9-13(19(8-2)18-12)10-16-11(3)14(20)17-15(4,5)6/h9,11,16H,7-8,10H2,1-6H3,(H,17,20). The summed E-state index contributed by atoms with van der Waals surface area (Å²) in [6, 6.07) is 1.88. The van der Waals surface area contributed by atoms with E-state index in [-0.39, 0.29) is 17.5 Å². The molecule has 0 aliphatic carbocycles. The van der Waals surface area contributed by atoms with Crippen molar-refractivity contribution in [2.24, 2.45) is 0 Å². The lowest BCUT2D eigenvalue weighted by Gasteiger charge is -2.23. The van der Waals surface area contributed by atoms with Gasteiger partial charge in [-0.2, -0.15) is 5.10 Å². The van der Waals surface area contributed by atoms with Gasteiger partial charge >= 0.3 is 0 Å². The lowest BCUT2D eigenvalue weighted by Crippen LogP contribution is -2.49. The maximum absolute atomic E-state index is 12.0. The summed E-state index contributed by atoms with van der Waals surface area (Å²) in [6.45, 7) is 13.5. The van der Waals surface area contributed by atoms with Crippen molar-refractivity contribution in [3.63, 3.8) is 0 Å². The number of amides is 1. The molecule has 1 atom stereocenters. The summed E-state index contributed by atoms with van der Waals surface area (Å²) in [5, 5.41) is 10.7. The zero-order chi connectivity index (χ0) is 15.3. The molecule has 0 bridgehead atoms. The van der Waals surface area contributed by atoms with Gasteiger partial charge in [0.1, 0.15) is 0 Å². The number of nitrogens with zero attached hydrogens (tertiary/aromatic N) is 2. The molecular weight excluding hydrogens is 252 g/mol. The van der Waals surface area contributed by atoms with Crippen LogP contribution in [-0.4, -0.2) is 27.3 Å². The van der Waals surface area contributed by atoms with Gasteiger partial charge in [0, 0.05) is 18.6 Å². The molecule has 1 aromatic heterocycles. The summed E-state index contributed by atoms with van der Waals surface area (Å²) in [6.07, 6.45) is 0.931. The molecule has 1 amide bonds. The molecule has 2 N–H and O–H groups in total. The summed E-state index contributed by atoms with van der Waals surface area (Å²) in [5.74, 6) is 0.0239. The van der Waals surface area contributed by atoms with E-state index in [2.05, 4.69) is 35.6 Å². The highest BCUT2D eigenvalue weighted by molar-refractivity contribution is 5.81. The first-order chi connectivity index (χ1) is 9.26. The van der Waals surface area contributed by atoms with Gasteiger partial charge in [-0.25, -0.2) is 0 Å². The average molecular weight is 280 g/mol. The summed E-state index contributed by atoms with van der Waals surface area (Å²) >= 11 is 0. The van der Waals surface area contributed by atoms with E-state index in [0.717, 1.165) is 24.4 Å². The molecule has 0 saturated heterocycles. The van der Waals surface area contributed by atoms with Crippen molar-refractivity contribution in [3.8, 4) is 0 Å². The lowest BCUT2D eigenvalue weighted by molar-refractivity contribution is -0.124. The topological polar surface area (TPSA) is 59.0 Å². The first-order valence-corrected chi connectivity index (χ1v) is 7.37. The lowest BCUT2D eigenvalue weighted by atomic mass is 10.1. The van der Waals surface area contributed by atoms with Gasteiger partial charge in [-0.1, -0.05) is 6.92 Å². The number of carbonyl (C=O) groups excluding carboxylic acids is 1. The number of aryl methyl sites for hydroxylation is 2. The second kappa shape index (κ2) is 6.88. The second-order valence-corrected chi connectivity index (χ2v) is 6.14. The van der Waals surface area contributed by atoms with Crippen LogP contribution in [0.2, 0.25) is 0 Å². The van der Waals surface area contributed by atoms with Gasteiger partial charge in [-0.05, 0) is 47.1 Å². The molecule has 1 aromatic rings. The molecule has 0 saturated carbocycles. The third kappa shape index (κ3) is 4.96. The quantitative estimate of drug-likeness (QED) is 0.836. The molecule has 1 unspecified atom stereocenters. The van der Waals surface area contributed by atoms with Crippen LogP contribution in [0.3, 0.4) is 0 Å². The minimum absolute atomic E-state index is 0.0239. The van der Waals surface area contributed by atoms with Crippen LogP contribution in [0, 0.1) is 0 Å². The number of hydrogen-bond acceptors (Lipinski definition) is 3. The summed E-state index contributed by atoms with van der Waals surface area (Å²) < 4.78 is 1.99. The van der Waals surface area contributed by atoms with Gasteiger partial charge in [0.2, 0.25) is 5.91 Å². The fourth-order valence-electron chi connectivity index (χ4n) is 1.93. The summed E-state index contributed by atoms with van der Waals surface area (Å²) in [4.78, 5) is 12.0. The smallest absolute Gasteiger partial charge is 0.237 e. The molecule has 20 heavy (non-hydrogen) atoms. The second-order valence-electron chi connectivity index (χ2n) is 6.14. The Kier molecular flexibility index (Phi) is 5.74. The molecule has 1 heterocycles. The molecule has 0 spiro atoms.